The number of aromatic nitrogens is 1. The zero-order valence-corrected chi connectivity index (χ0v) is 13.5. The third-order valence-electron chi connectivity index (χ3n) is 3.61. The van der Waals surface area contributed by atoms with Crippen LogP contribution in [-0.4, -0.2) is 11.2 Å². The van der Waals surface area contributed by atoms with Crippen molar-refractivity contribution in [2.45, 2.75) is 13.0 Å². The standard InChI is InChI=1S/C19H15N3O3/c1-13(14-8-4-2-5-9-14)24-19(23)21-17-16(12-20)22-25-18(17)15-10-6-3-7-11-15/h2-11,13H,1H3,(H,21,23). The lowest BCUT2D eigenvalue weighted by Crippen LogP contribution is -2.16. The smallest absolute Gasteiger partial charge is 0.412 e. The molecule has 6 heteroatoms. The molecule has 0 saturated carbocycles. The first-order valence-corrected chi connectivity index (χ1v) is 7.67. The highest BCUT2D eigenvalue weighted by atomic mass is 16.6. The monoisotopic (exact) mass is 333 g/mol. The van der Waals surface area contributed by atoms with Gasteiger partial charge < -0.3 is 9.26 Å². The highest BCUT2D eigenvalue weighted by Crippen LogP contribution is 2.31. The number of hydrogen-bond acceptors (Lipinski definition) is 5. The van der Waals surface area contributed by atoms with Crippen molar-refractivity contribution in [2.75, 3.05) is 5.32 Å². The van der Waals surface area contributed by atoms with E-state index in [4.69, 9.17) is 9.26 Å². The summed E-state index contributed by atoms with van der Waals surface area (Å²) in [5.74, 6) is 0.307. The Bertz CT molecular complexity index is 899. The van der Waals surface area contributed by atoms with Crippen molar-refractivity contribution in [1.82, 2.24) is 5.16 Å². The first-order chi connectivity index (χ1) is 12.2. The molecule has 1 N–H and O–H groups in total. The molecular weight excluding hydrogens is 318 g/mol. The molecule has 0 bridgehead atoms. The first kappa shape index (κ1) is 16.3. The van der Waals surface area contributed by atoms with E-state index >= 15 is 0 Å². The van der Waals surface area contributed by atoms with Crippen molar-refractivity contribution in [3.63, 3.8) is 0 Å². The number of hydrogen-bond donors (Lipinski definition) is 1. The second-order valence-electron chi connectivity index (χ2n) is 5.30. The minimum Gasteiger partial charge on any atom is -0.441 e. The summed E-state index contributed by atoms with van der Waals surface area (Å²) in [5, 5.41) is 15.5. The van der Waals surface area contributed by atoms with Crippen molar-refractivity contribution in [3.8, 4) is 17.4 Å². The van der Waals surface area contributed by atoms with Gasteiger partial charge in [0.25, 0.3) is 0 Å². The topological polar surface area (TPSA) is 88.1 Å². The minimum atomic E-state index is -0.687. The Kier molecular flexibility index (Phi) is 4.77. The summed E-state index contributed by atoms with van der Waals surface area (Å²) in [6, 6.07) is 20.4. The molecule has 1 aromatic heterocycles. The van der Waals surface area contributed by atoms with Crippen LogP contribution in [0.1, 0.15) is 24.3 Å². The fraction of sp³-hybridized carbons (Fsp3) is 0.105. The molecule has 1 unspecified atom stereocenters. The number of amides is 1. The van der Waals surface area contributed by atoms with Crippen LogP contribution >= 0.6 is 0 Å². The molecule has 3 rings (SSSR count). The number of ether oxygens (including phenoxy) is 1. The average Bonchev–Trinajstić information content (AvgIpc) is 3.05. The lowest BCUT2D eigenvalue weighted by molar-refractivity contribution is 0.121. The first-order valence-electron chi connectivity index (χ1n) is 7.67. The summed E-state index contributed by atoms with van der Waals surface area (Å²) in [7, 11) is 0. The molecule has 1 atom stereocenters. The van der Waals surface area contributed by atoms with Gasteiger partial charge in [-0.3, -0.25) is 5.32 Å². The second-order valence-corrected chi connectivity index (χ2v) is 5.30. The van der Waals surface area contributed by atoms with Gasteiger partial charge in [-0.05, 0) is 12.5 Å². The van der Waals surface area contributed by atoms with Crippen molar-refractivity contribution >= 4 is 11.8 Å². The number of benzene rings is 2. The van der Waals surface area contributed by atoms with Crippen molar-refractivity contribution in [2.24, 2.45) is 0 Å². The molecule has 25 heavy (non-hydrogen) atoms. The van der Waals surface area contributed by atoms with Gasteiger partial charge in [0, 0.05) is 5.56 Å². The van der Waals surface area contributed by atoms with Gasteiger partial charge in [0.2, 0.25) is 5.69 Å². The van der Waals surface area contributed by atoms with E-state index in [9.17, 15) is 10.1 Å². The number of nitriles is 1. The van der Waals surface area contributed by atoms with E-state index in [-0.39, 0.29) is 11.4 Å². The molecule has 0 fully saturated rings. The van der Waals surface area contributed by atoms with Crippen LogP contribution < -0.4 is 5.32 Å². The molecule has 124 valence electrons. The predicted molar refractivity (Wildman–Crippen MR) is 91.6 cm³/mol. The molecule has 1 heterocycles. The molecule has 0 spiro atoms. The molecule has 0 aliphatic rings. The third-order valence-corrected chi connectivity index (χ3v) is 3.61. The van der Waals surface area contributed by atoms with Crippen LogP contribution in [0.25, 0.3) is 11.3 Å². The zero-order valence-electron chi connectivity index (χ0n) is 13.5. The maximum Gasteiger partial charge on any atom is 0.412 e. The lowest BCUT2D eigenvalue weighted by atomic mass is 10.1. The van der Waals surface area contributed by atoms with Gasteiger partial charge in [0.05, 0.1) is 0 Å². The normalized spacial score (nSPS) is 11.4. The Labute approximate surface area is 144 Å². The number of carbonyl (C=O) groups is 1. The molecule has 6 nitrogen and oxygen atoms in total. The number of rotatable bonds is 4. The van der Waals surface area contributed by atoms with Crippen LogP contribution in [0.3, 0.4) is 0 Å². The van der Waals surface area contributed by atoms with E-state index in [1.165, 1.54) is 0 Å². The van der Waals surface area contributed by atoms with E-state index in [1.54, 1.807) is 19.1 Å². The summed E-state index contributed by atoms with van der Waals surface area (Å²) in [6.07, 6.45) is -1.12. The SMILES string of the molecule is CC(OC(=O)Nc1c(C#N)noc1-c1ccccc1)c1ccccc1. The maximum atomic E-state index is 12.2. The largest absolute Gasteiger partial charge is 0.441 e. The zero-order chi connectivity index (χ0) is 17.6. The molecular formula is C19H15N3O3. The van der Waals surface area contributed by atoms with Gasteiger partial charge in [-0.15, -0.1) is 0 Å². The molecule has 1 amide bonds. The van der Waals surface area contributed by atoms with E-state index in [2.05, 4.69) is 10.5 Å². The summed E-state index contributed by atoms with van der Waals surface area (Å²) in [6.45, 7) is 1.77. The summed E-state index contributed by atoms with van der Waals surface area (Å²) in [5.41, 5.74) is 1.75. The number of anilines is 1. The van der Waals surface area contributed by atoms with E-state index in [0.717, 1.165) is 5.56 Å². The Balaban J connectivity index is 1.79. The second kappa shape index (κ2) is 7.32. The number of nitrogens with zero attached hydrogens (tertiary/aromatic N) is 2. The summed E-state index contributed by atoms with van der Waals surface area (Å²) in [4.78, 5) is 12.2. The van der Waals surface area contributed by atoms with Crippen LogP contribution in [-0.2, 0) is 4.74 Å². The van der Waals surface area contributed by atoms with E-state index < -0.39 is 12.2 Å². The summed E-state index contributed by atoms with van der Waals surface area (Å²) < 4.78 is 10.6. The fourth-order valence-corrected chi connectivity index (χ4v) is 2.35. The quantitative estimate of drug-likeness (QED) is 0.758. The molecule has 0 radical (unpaired) electrons. The third kappa shape index (κ3) is 3.67. The van der Waals surface area contributed by atoms with Gasteiger partial charge in [-0.25, -0.2) is 4.79 Å². The Hall–Kier alpha value is -3.59. The highest BCUT2D eigenvalue weighted by Gasteiger charge is 2.21. The van der Waals surface area contributed by atoms with Gasteiger partial charge in [0.1, 0.15) is 17.9 Å². The van der Waals surface area contributed by atoms with Crippen LogP contribution in [0, 0.1) is 11.3 Å². The minimum absolute atomic E-state index is 0.0110. The fourth-order valence-electron chi connectivity index (χ4n) is 2.35. The van der Waals surface area contributed by atoms with Crippen LogP contribution in [0.2, 0.25) is 0 Å². The van der Waals surface area contributed by atoms with Crippen LogP contribution in [0.15, 0.2) is 65.2 Å². The maximum absolute atomic E-state index is 12.2. The Morgan fingerprint density at radius 2 is 1.80 bits per heavy atom. The molecule has 0 aliphatic carbocycles. The van der Waals surface area contributed by atoms with Crippen molar-refractivity contribution < 1.29 is 14.1 Å². The molecule has 0 aliphatic heterocycles. The van der Waals surface area contributed by atoms with Crippen molar-refractivity contribution in [1.29, 1.82) is 5.26 Å². The van der Waals surface area contributed by atoms with Gasteiger partial charge in [0.15, 0.2) is 5.76 Å². The Morgan fingerprint density at radius 1 is 1.16 bits per heavy atom. The van der Waals surface area contributed by atoms with Crippen molar-refractivity contribution in [3.05, 3.63) is 71.9 Å². The van der Waals surface area contributed by atoms with Gasteiger partial charge >= 0.3 is 6.09 Å². The number of nitrogens with one attached hydrogen (secondary N) is 1. The average molecular weight is 333 g/mol. The Morgan fingerprint density at radius 3 is 2.44 bits per heavy atom. The molecule has 0 saturated heterocycles. The highest BCUT2D eigenvalue weighted by molar-refractivity contribution is 5.91. The molecule has 2 aromatic carbocycles. The van der Waals surface area contributed by atoms with Crippen LogP contribution in [0.4, 0.5) is 10.5 Å². The van der Waals surface area contributed by atoms with E-state index in [1.807, 2.05) is 54.6 Å². The molecule has 3 aromatic rings. The lowest BCUT2D eigenvalue weighted by Gasteiger charge is -2.14. The van der Waals surface area contributed by atoms with Gasteiger partial charge in [-0.1, -0.05) is 65.8 Å². The van der Waals surface area contributed by atoms with E-state index in [0.29, 0.717) is 11.3 Å². The number of carbonyl (C=O) groups excluding carboxylic acids is 1. The van der Waals surface area contributed by atoms with Gasteiger partial charge in [-0.2, -0.15) is 5.26 Å². The predicted octanol–water partition coefficient (Wildman–Crippen LogP) is 4.52. The summed E-state index contributed by atoms with van der Waals surface area (Å²) >= 11 is 0. The van der Waals surface area contributed by atoms with Crippen LogP contribution in [0.5, 0.6) is 0 Å².